The first kappa shape index (κ1) is 17.7. The molecule has 0 fully saturated rings. The van der Waals surface area contributed by atoms with E-state index >= 15 is 0 Å². The summed E-state index contributed by atoms with van der Waals surface area (Å²) in [6, 6.07) is 3.11. The van der Waals surface area contributed by atoms with Gasteiger partial charge in [-0.1, -0.05) is 13.8 Å². The Hall–Kier alpha value is -1.33. The lowest BCUT2D eigenvalue weighted by atomic mass is 10.0. The zero-order valence-electron chi connectivity index (χ0n) is 13.6. The molecule has 2 unspecified atom stereocenters. The zero-order chi connectivity index (χ0) is 16.0. The molecule has 5 heteroatoms. The van der Waals surface area contributed by atoms with Crippen molar-refractivity contribution >= 4 is 5.78 Å². The zero-order valence-corrected chi connectivity index (χ0v) is 13.6. The van der Waals surface area contributed by atoms with Crippen molar-refractivity contribution in [2.24, 2.45) is 5.92 Å². The number of hydrogen-bond donors (Lipinski definition) is 0. The number of halogens is 1. The van der Waals surface area contributed by atoms with E-state index in [9.17, 15) is 9.18 Å². The smallest absolute Gasteiger partial charge is 0.185 e. The SMILES string of the molecule is CCN(CC(C)C(=O)c1ccc(F)cn1)C(C)CN(C)C. The van der Waals surface area contributed by atoms with E-state index in [0.29, 0.717) is 18.3 Å². The summed E-state index contributed by atoms with van der Waals surface area (Å²) in [6.45, 7) is 8.69. The number of likely N-dealkylation sites (N-methyl/N-ethyl adjacent to an activating group) is 2. The van der Waals surface area contributed by atoms with E-state index in [1.165, 1.54) is 12.1 Å². The third-order valence-electron chi connectivity index (χ3n) is 3.59. The van der Waals surface area contributed by atoms with Gasteiger partial charge in [0.15, 0.2) is 5.78 Å². The molecule has 0 saturated heterocycles. The number of rotatable bonds is 8. The summed E-state index contributed by atoms with van der Waals surface area (Å²) in [5, 5.41) is 0. The van der Waals surface area contributed by atoms with Crippen molar-refractivity contribution in [2.45, 2.75) is 26.8 Å². The van der Waals surface area contributed by atoms with Crippen LogP contribution in [0.4, 0.5) is 4.39 Å². The molecule has 4 nitrogen and oxygen atoms in total. The molecule has 0 saturated carbocycles. The number of carbonyl (C=O) groups is 1. The Morgan fingerprint density at radius 2 is 1.95 bits per heavy atom. The second-order valence-electron chi connectivity index (χ2n) is 5.83. The van der Waals surface area contributed by atoms with E-state index in [1.54, 1.807) is 0 Å². The fourth-order valence-electron chi connectivity index (χ4n) is 2.47. The second-order valence-corrected chi connectivity index (χ2v) is 5.83. The first-order valence-corrected chi connectivity index (χ1v) is 7.39. The van der Waals surface area contributed by atoms with E-state index in [0.717, 1.165) is 19.3 Å². The molecule has 0 aromatic carbocycles. The van der Waals surface area contributed by atoms with Gasteiger partial charge in [0.1, 0.15) is 11.5 Å². The predicted octanol–water partition coefficient (Wildman–Crippen LogP) is 2.31. The first-order valence-electron chi connectivity index (χ1n) is 7.39. The van der Waals surface area contributed by atoms with Crippen LogP contribution < -0.4 is 0 Å². The van der Waals surface area contributed by atoms with Crippen LogP contribution in [-0.4, -0.2) is 60.3 Å². The van der Waals surface area contributed by atoms with Gasteiger partial charge in [0.2, 0.25) is 0 Å². The highest BCUT2D eigenvalue weighted by Crippen LogP contribution is 2.11. The summed E-state index contributed by atoms with van der Waals surface area (Å²) in [5.41, 5.74) is 0.334. The molecular weight excluding hydrogens is 269 g/mol. The summed E-state index contributed by atoms with van der Waals surface area (Å²) in [4.78, 5) is 20.6. The summed E-state index contributed by atoms with van der Waals surface area (Å²) in [6.07, 6.45) is 1.09. The van der Waals surface area contributed by atoms with Gasteiger partial charge >= 0.3 is 0 Å². The number of Topliss-reactive ketones (excluding diaryl/α,β-unsaturated/α-hetero) is 1. The van der Waals surface area contributed by atoms with Gasteiger partial charge in [-0.15, -0.1) is 0 Å². The molecule has 0 amide bonds. The minimum atomic E-state index is -0.422. The lowest BCUT2D eigenvalue weighted by molar-refractivity contribution is 0.0860. The van der Waals surface area contributed by atoms with Crippen LogP contribution >= 0.6 is 0 Å². The third-order valence-corrected chi connectivity index (χ3v) is 3.59. The van der Waals surface area contributed by atoms with Crippen LogP contribution in [0, 0.1) is 11.7 Å². The van der Waals surface area contributed by atoms with E-state index in [-0.39, 0.29) is 11.7 Å². The molecule has 1 aromatic heterocycles. The predicted molar refractivity (Wildman–Crippen MR) is 83.0 cm³/mol. The highest BCUT2D eigenvalue weighted by molar-refractivity contribution is 5.95. The molecule has 1 rings (SSSR count). The molecule has 1 heterocycles. The van der Waals surface area contributed by atoms with E-state index in [4.69, 9.17) is 0 Å². The average Bonchev–Trinajstić information content (AvgIpc) is 2.43. The number of hydrogen-bond acceptors (Lipinski definition) is 4. The molecule has 21 heavy (non-hydrogen) atoms. The van der Waals surface area contributed by atoms with Crippen molar-refractivity contribution in [3.63, 3.8) is 0 Å². The maximum absolute atomic E-state index is 12.9. The summed E-state index contributed by atoms with van der Waals surface area (Å²) >= 11 is 0. The Morgan fingerprint density at radius 3 is 2.43 bits per heavy atom. The Morgan fingerprint density at radius 1 is 1.29 bits per heavy atom. The molecule has 0 aliphatic carbocycles. The maximum Gasteiger partial charge on any atom is 0.185 e. The monoisotopic (exact) mass is 295 g/mol. The van der Waals surface area contributed by atoms with Crippen molar-refractivity contribution in [1.82, 2.24) is 14.8 Å². The van der Waals surface area contributed by atoms with Gasteiger partial charge in [0.25, 0.3) is 0 Å². The molecular formula is C16H26FN3O. The van der Waals surface area contributed by atoms with E-state index < -0.39 is 5.82 Å². The normalized spacial score (nSPS) is 14.5. The van der Waals surface area contributed by atoms with Gasteiger partial charge in [0.05, 0.1) is 6.20 Å². The lowest BCUT2D eigenvalue weighted by Crippen LogP contribution is -2.43. The maximum atomic E-state index is 12.9. The van der Waals surface area contributed by atoms with Crippen LogP contribution in [0.15, 0.2) is 18.3 Å². The van der Waals surface area contributed by atoms with Crippen LogP contribution in [0.2, 0.25) is 0 Å². The molecule has 0 bridgehead atoms. The molecule has 0 aliphatic rings. The van der Waals surface area contributed by atoms with E-state index in [2.05, 4.69) is 28.6 Å². The van der Waals surface area contributed by atoms with Gasteiger partial charge < -0.3 is 4.90 Å². The van der Waals surface area contributed by atoms with Crippen molar-refractivity contribution in [1.29, 1.82) is 0 Å². The summed E-state index contributed by atoms with van der Waals surface area (Å²) < 4.78 is 12.9. The molecule has 1 aromatic rings. The fourth-order valence-corrected chi connectivity index (χ4v) is 2.47. The number of aromatic nitrogens is 1. The van der Waals surface area contributed by atoms with Crippen LogP contribution in [0.25, 0.3) is 0 Å². The van der Waals surface area contributed by atoms with Crippen molar-refractivity contribution in [3.8, 4) is 0 Å². The van der Waals surface area contributed by atoms with Crippen molar-refractivity contribution < 1.29 is 9.18 Å². The summed E-state index contributed by atoms with van der Waals surface area (Å²) in [5.74, 6) is -0.619. The minimum absolute atomic E-state index is 0.0366. The first-order chi connectivity index (χ1) is 9.85. The Bertz CT molecular complexity index is 447. The van der Waals surface area contributed by atoms with Crippen LogP contribution in [0.3, 0.4) is 0 Å². The van der Waals surface area contributed by atoms with Gasteiger partial charge in [-0.25, -0.2) is 4.39 Å². The van der Waals surface area contributed by atoms with Crippen LogP contribution in [-0.2, 0) is 0 Å². The molecule has 2 atom stereocenters. The number of pyridine rings is 1. The van der Waals surface area contributed by atoms with Gasteiger partial charge in [-0.2, -0.15) is 0 Å². The highest BCUT2D eigenvalue weighted by atomic mass is 19.1. The number of nitrogens with zero attached hydrogens (tertiary/aromatic N) is 3. The van der Waals surface area contributed by atoms with Gasteiger partial charge in [0, 0.05) is 25.0 Å². The largest absolute Gasteiger partial charge is 0.308 e. The lowest BCUT2D eigenvalue weighted by Gasteiger charge is -2.31. The highest BCUT2D eigenvalue weighted by Gasteiger charge is 2.22. The number of carbonyl (C=O) groups excluding carboxylic acids is 1. The fraction of sp³-hybridized carbons (Fsp3) is 0.625. The second kappa shape index (κ2) is 8.20. The van der Waals surface area contributed by atoms with E-state index in [1.807, 2.05) is 21.0 Å². The molecule has 0 aliphatic heterocycles. The Labute approximate surface area is 127 Å². The van der Waals surface area contributed by atoms with Gasteiger partial charge in [-0.3, -0.25) is 14.7 Å². The van der Waals surface area contributed by atoms with Crippen molar-refractivity contribution in [3.05, 3.63) is 29.8 Å². The standard InChI is InChI=1S/C16H26FN3O/c1-6-20(13(3)11-19(4)5)10-12(2)16(21)15-8-7-14(17)9-18-15/h7-9,12-13H,6,10-11H2,1-5H3. The molecule has 0 radical (unpaired) electrons. The van der Waals surface area contributed by atoms with Gasteiger partial charge in [-0.05, 0) is 39.7 Å². The molecule has 0 N–H and O–H groups in total. The molecule has 0 spiro atoms. The van der Waals surface area contributed by atoms with Crippen molar-refractivity contribution in [2.75, 3.05) is 33.7 Å². The quantitative estimate of drug-likeness (QED) is 0.690. The minimum Gasteiger partial charge on any atom is -0.308 e. The average molecular weight is 295 g/mol. The van der Waals surface area contributed by atoms with Crippen LogP contribution in [0.5, 0.6) is 0 Å². The number of ketones is 1. The third kappa shape index (κ3) is 5.52. The Balaban J connectivity index is 2.67. The summed E-state index contributed by atoms with van der Waals surface area (Å²) in [7, 11) is 4.09. The topological polar surface area (TPSA) is 36.4 Å². The Kier molecular flexibility index (Phi) is 6.92. The molecule has 118 valence electrons. The van der Waals surface area contributed by atoms with Crippen LogP contribution in [0.1, 0.15) is 31.3 Å².